The summed E-state index contributed by atoms with van der Waals surface area (Å²) in [6.45, 7) is 0. The van der Waals surface area contributed by atoms with Crippen LogP contribution in [0.4, 0.5) is 5.69 Å². The van der Waals surface area contributed by atoms with Crippen LogP contribution in [-0.2, 0) is 9.59 Å². The second-order valence-corrected chi connectivity index (χ2v) is 4.17. The van der Waals surface area contributed by atoms with Crippen molar-refractivity contribution in [2.75, 3.05) is 4.90 Å². The molecule has 0 radical (unpaired) electrons. The van der Waals surface area contributed by atoms with Crippen molar-refractivity contribution >= 4 is 46.7 Å². The first kappa shape index (κ1) is 12.6. The minimum absolute atomic E-state index is 0.0617. The van der Waals surface area contributed by atoms with Crippen molar-refractivity contribution in [3.8, 4) is 0 Å². The Hall–Kier alpha value is -1.85. The maximum Gasteiger partial charge on any atom is 0.337 e. The smallest absolute Gasteiger partial charge is 0.337 e. The second kappa shape index (κ2) is 4.44. The first-order valence-electron chi connectivity index (χ1n) is 4.71. The first-order valence-corrected chi connectivity index (χ1v) is 5.46. The Morgan fingerprint density at radius 3 is 2.11 bits per heavy atom. The van der Waals surface area contributed by atoms with Gasteiger partial charge in [0.15, 0.2) is 0 Å². The van der Waals surface area contributed by atoms with Crippen LogP contribution in [0.25, 0.3) is 0 Å². The highest BCUT2D eigenvalue weighted by Gasteiger charge is 2.28. The Morgan fingerprint density at radius 2 is 1.61 bits per heavy atom. The second-order valence-electron chi connectivity index (χ2n) is 3.41. The van der Waals surface area contributed by atoms with Crippen LogP contribution in [0.5, 0.6) is 0 Å². The summed E-state index contributed by atoms with van der Waals surface area (Å²) in [5, 5.41) is 8.48. The number of carboxylic acid groups (broad SMARTS) is 1. The zero-order valence-electron chi connectivity index (χ0n) is 8.68. The number of carboxylic acids is 1. The normalized spacial score (nSPS) is 14.4. The third kappa shape index (κ3) is 1.87. The van der Waals surface area contributed by atoms with Gasteiger partial charge in [-0.1, -0.05) is 23.2 Å². The van der Waals surface area contributed by atoms with Crippen LogP contribution < -0.4 is 4.90 Å². The number of halogens is 2. The SMILES string of the molecule is O=C(O)c1ccc(N2C(=O)C=CC2=O)c(Cl)c1Cl. The van der Waals surface area contributed by atoms with Gasteiger partial charge in [0, 0.05) is 12.2 Å². The molecule has 0 fully saturated rings. The molecule has 0 bridgehead atoms. The van der Waals surface area contributed by atoms with E-state index >= 15 is 0 Å². The summed E-state index contributed by atoms with van der Waals surface area (Å²) in [6, 6.07) is 2.45. The molecule has 5 nitrogen and oxygen atoms in total. The third-order valence-corrected chi connectivity index (χ3v) is 3.21. The molecule has 1 aliphatic heterocycles. The molecule has 0 aliphatic carbocycles. The highest BCUT2D eigenvalue weighted by molar-refractivity contribution is 6.46. The number of nitrogens with zero attached hydrogens (tertiary/aromatic N) is 1. The van der Waals surface area contributed by atoms with Crippen molar-refractivity contribution in [2.24, 2.45) is 0 Å². The number of carbonyl (C=O) groups is 3. The number of amides is 2. The fourth-order valence-corrected chi connectivity index (χ4v) is 2.00. The van der Waals surface area contributed by atoms with Gasteiger partial charge in [0.05, 0.1) is 21.3 Å². The van der Waals surface area contributed by atoms with E-state index in [0.717, 1.165) is 17.1 Å². The van der Waals surface area contributed by atoms with Gasteiger partial charge < -0.3 is 5.11 Å². The Bertz CT molecular complexity index is 591. The van der Waals surface area contributed by atoms with E-state index < -0.39 is 17.8 Å². The van der Waals surface area contributed by atoms with Crippen molar-refractivity contribution in [2.45, 2.75) is 0 Å². The molecule has 1 aliphatic rings. The molecule has 2 amide bonds. The molecule has 18 heavy (non-hydrogen) atoms. The van der Waals surface area contributed by atoms with Crippen molar-refractivity contribution in [1.29, 1.82) is 0 Å². The van der Waals surface area contributed by atoms with E-state index in [1.807, 2.05) is 0 Å². The number of carbonyl (C=O) groups excluding carboxylic acids is 2. The lowest BCUT2D eigenvalue weighted by Crippen LogP contribution is -2.29. The maximum atomic E-state index is 11.5. The van der Waals surface area contributed by atoms with Gasteiger partial charge in [-0.15, -0.1) is 0 Å². The van der Waals surface area contributed by atoms with Gasteiger partial charge in [-0.25, -0.2) is 9.69 Å². The minimum atomic E-state index is -1.24. The zero-order valence-corrected chi connectivity index (χ0v) is 10.2. The van der Waals surface area contributed by atoms with Gasteiger partial charge in [0.25, 0.3) is 11.8 Å². The van der Waals surface area contributed by atoms with E-state index in [9.17, 15) is 14.4 Å². The highest BCUT2D eigenvalue weighted by atomic mass is 35.5. The lowest BCUT2D eigenvalue weighted by molar-refractivity contribution is -0.119. The van der Waals surface area contributed by atoms with Crippen LogP contribution in [0, 0.1) is 0 Å². The Morgan fingerprint density at radius 1 is 1.06 bits per heavy atom. The maximum absolute atomic E-state index is 11.5. The standard InChI is InChI=1S/C11H5Cl2NO4/c12-9-5(11(17)18)1-2-6(10(9)13)14-7(15)3-4-8(14)16/h1-4H,(H,17,18). The fraction of sp³-hybridized carbons (Fsp3) is 0. The average Bonchev–Trinajstić information content (AvgIpc) is 2.63. The number of imide groups is 1. The Kier molecular flexibility index (Phi) is 3.11. The molecular weight excluding hydrogens is 281 g/mol. The van der Waals surface area contributed by atoms with Gasteiger partial charge in [0.1, 0.15) is 0 Å². The number of rotatable bonds is 2. The monoisotopic (exact) mass is 285 g/mol. The number of aromatic carboxylic acids is 1. The number of benzene rings is 1. The molecule has 2 rings (SSSR count). The van der Waals surface area contributed by atoms with Crippen LogP contribution in [0.15, 0.2) is 24.3 Å². The zero-order chi connectivity index (χ0) is 13.4. The highest BCUT2D eigenvalue weighted by Crippen LogP contribution is 2.36. The van der Waals surface area contributed by atoms with Crippen LogP contribution in [0.1, 0.15) is 10.4 Å². The van der Waals surface area contributed by atoms with E-state index in [-0.39, 0.29) is 21.3 Å². The summed E-state index contributed by atoms with van der Waals surface area (Å²) < 4.78 is 0. The molecule has 0 saturated heterocycles. The van der Waals surface area contributed by atoms with Crippen LogP contribution in [0.2, 0.25) is 10.0 Å². The van der Waals surface area contributed by atoms with E-state index in [1.165, 1.54) is 12.1 Å². The molecule has 0 unspecified atom stereocenters. The summed E-state index contributed by atoms with van der Waals surface area (Å²) >= 11 is 11.7. The summed E-state index contributed by atoms with van der Waals surface area (Å²) in [5.41, 5.74) is -0.135. The Labute approximate surface area is 111 Å². The molecule has 0 spiro atoms. The van der Waals surface area contributed by atoms with Gasteiger partial charge in [-0.05, 0) is 12.1 Å². The van der Waals surface area contributed by atoms with Crippen molar-refractivity contribution in [3.63, 3.8) is 0 Å². The first-order chi connectivity index (χ1) is 8.43. The molecule has 0 aromatic heterocycles. The van der Waals surface area contributed by atoms with Gasteiger partial charge >= 0.3 is 5.97 Å². The van der Waals surface area contributed by atoms with Gasteiger partial charge in [0.2, 0.25) is 0 Å². The topological polar surface area (TPSA) is 74.7 Å². The van der Waals surface area contributed by atoms with E-state index in [0.29, 0.717) is 0 Å². The minimum Gasteiger partial charge on any atom is -0.478 e. The van der Waals surface area contributed by atoms with Crippen LogP contribution >= 0.6 is 23.2 Å². The molecule has 1 aromatic carbocycles. The quantitative estimate of drug-likeness (QED) is 0.845. The van der Waals surface area contributed by atoms with Crippen LogP contribution in [0.3, 0.4) is 0 Å². The number of anilines is 1. The summed E-state index contributed by atoms with van der Waals surface area (Å²) in [6.07, 6.45) is 2.19. The van der Waals surface area contributed by atoms with Crippen molar-refractivity contribution in [3.05, 3.63) is 39.9 Å². The van der Waals surface area contributed by atoms with Gasteiger partial charge in [-0.2, -0.15) is 0 Å². The predicted octanol–water partition coefficient (Wildman–Crippen LogP) is 2.12. The third-order valence-electron chi connectivity index (χ3n) is 2.34. The van der Waals surface area contributed by atoms with E-state index in [2.05, 4.69) is 0 Å². The molecule has 1 aromatic rings. The molecule has 0 saturated carbocycles. The van der Waals surface area contributed by atoms with Gasteiger partial charge in [-0.3, -0.25) is 9.59 Å². The van der Waals surface area contributed by atoms with E-state index in [4.69, 9.17) is 28.3 Å². The molecule has 1 N–H and O–H groups in total. The number of hydrogen-bond acceptors (Lipinski definition) is 3. The lowest BCUT2D eigenvalue weighted by Gasteiger charge is -2.16. The summed E-state index contributed by atoms with van der Waals surface area (Å²) in [4.78, 5) is 34.6. The summed E-state index contributed by atoms with van der Waals surface area (Å²) in [7, 11) is 0. The largest absolute Gasteiger partial charge is 0.478 e. The molecule has 1 heterocycles. The predicted molar refractivity (Wildman–Crippen MR) is 65.1 cm³/mol. The van der Waals surface area contributed by atoms with Crippen molar-refractivity contribution in [1.82, 2.24) is 0 Å². The molecule has 92 valence electrons. The molecular formula is C11H5Cl2NO4. The Balaban J connectivity index is 2.55. The summed E-state index contributed by atoms with van der Waals surface area (Å²) in [5.74, 6) is -2.35. The van der Waals surface area contributed by atoms with Crippen molar-refractivity contribution < 1.29 is 19.5 Å². The average molecular weight is 286 g/mol. The molecule has 7 heteroatoms. The van der Waals surface area contributed by atoms with Crippen LogP contribution in [-0.4, -0.2) is 22.9 Å². The molecule has 0 atom stereocenters. The lowest BCUT2D eigenvalue weighted by atomic mass is 10.2. The number of hydrogen-bond donors (Lipinski definition) is 1. The van der Waals surface area contributed by atoms with E-state index in [1.54, 1.807) is 0 Å². The fourth-order valence-electron chi connectivity index (χ4n) is 1.51.